The van der Waals surface area contributed by atoms with E-state index in [1.165, 1.54) is 0 Å². The molecule has 0 aromatic carbocycles. The first-order chi connectivity index (χ1) is 5.26. The number of ether oxygens (including phenoxy) is 2. The molecule has 1 rings (SSSR count). The fraction of sp³-hybridized carbons (Fsp3) is 0.500. The number of hydrogen-bond acceptors (Lipinski definition) is 3. The van der Waals surface area contributed by atoms with Gasteiger partial charge in [0, 0.05) is 0 Å². The summed E-state index contributed by atoms with van der Waals surface area (Å²) < 4.78 is 65.0. The van der Waals surface area contributed by atoms with Gasteiger partial charge in [-0.3, -0.25) is 0 Å². The van der Waals surface area contributed by atoms with E-state index in [2.05, 4.69) is 9.47 Å². The third kappa shape index (κ3) is 1.17. The molecule has 1 unspecified atom stereocenters. The molecule has 8 heteroatoms. The molecule has 0 aromatic heterocycles. The van der Waals surface area contributed by atoms with Crippen molar-refractivity contribution < 1.29 is 36.5 Å². The number of halogens is 5. The van der Waals surface area contributed by atoms with Crippen molar-refractivity contribution in [3.05, 3.63) is 12.0 Å². The lowest BCUT2D eigenvalue weighted by Gasteiger charge is -2.13. The van der Waals surface area contributed by atoms with Crippen LogP contribution in [0.1, 0.15) is 0 Å². The second kappa shape index (κ2) is 2.22. The second-order valence-corrected chi connectivity index (χ2v) is 1.83. The molecule has 1 heterocycles. The highest BCUT2D eigenvalue weighted by atomic mass is 19.3. The molecule has 70 valence electrons. The molecular formula is C4HF5O3. The van der Waals surface area contributed by atoms with Crippen molar-refractivity contribution in [3.63, 3.8) is 0 Å². The topological polar surface area (TPSA) is 38.7 Å². The molecule has 0 radical (unpaired) electrons. The zero-order chi connectivity index (χ0) is 9.57. The van der Waals surface area contributed by atoms with Crippen molar-refractivity contribution in [2.45, 2.75) is 12.1 Å². The average Bonchev–Trinajstić information content (AvgIpc) is 2.03. The Balaban J connectivity index is 2.97. The van der Waals surface area contributed by atoms with Gasteiger partial charge in [-0.1, -0.05) is 0 Å². The number of alkyl halides is 3. The summed E-state index contributed by atoms with van der Waals surface area (Å²) in [5.74, 6) is -2.02. The van der Waals surface area contributed by atoms with E-state index >= 15 is 0 Å². The Bertz CT molecular complexity index is 213. The molecule has 12 heavy (non-hydrogen) atoms. The van der Waals surface area contributed by atoms with Crippen LogP contribution in [-0.2, 0) is 9.47 Å². The maximum Gasteiger partial charge on any atom is 0.504 e. The van der Waals surface area contributed by atoms with Crippen molar-refractivity contribution >= 4 is 0 Å². The minimum Gasteiger partial charge on any atom is -0.392 e. The first kappa shape index (κ1) is 9.04. The van der Waals surface area contributed by atoms with Gasteiger partial charge in [-0.25, -0.2) is 0 Å². The minimum atomic E-state index is -4.83. The Labute approximate surface area is 62.0 Å². The SMILES string of the molecule is OC1(F)OC(=C(F)F)OC1(F)F. The average molecular weight is 192 g/mol. The van der Waals surface area contributed by atoms with E-state index < -0.39 is 24.2 Å². The molecule has 1 saturated heterocycles. The van der Waals surface area contributed by atoms with Gasteiger partial charge in [-0.15, -0.1) is 0 Å². The standard InChI is InChI=1S/C4HF5O3/c5-1(6)2-11-3(7,8)4(9,10)12-2/h10H. The molecule has 0 aromatic rings. The minimum absolute atomic E-state index is 2.02. The van der Waals surface area contributed by atoms with Crippen molar-refractivity contribution in [2.24, 2.45) is 0 Å². The first-order valence-electron chi connectivity index (χ1n) is 2.49. The molecule has 0 bridgehead atoms. The monoisotopic (exact) mass is 192 g/mol. The highest BCUT2D eigenvalue weighted by molar-refractivity contribution is 4.93. The van der Waals surface area contributed by atoms with Gasteiger partial charge >= 0.3 is 24.2 Å². The summed E-state index contributed by atoms with van der Waals surface area (Å²) in [4.78, 5) is 0. The predicted molar refractivity (Wildman–Crippen MR) is 22.4 cm³/mol. The Kier molecular flexibility index (Phi) is 1.67. The van der Waals surface area contributed by atoms with Gasteiger partial charge in [0.05, 0.1) is 0 Å². The van der Waals surface area contributed by atoms with Crippen molar-refractivity contribution in [1.29, 1.82) is 0 Å². The molecule has 1 aliphatic heterocycles. The van der Waals surface area contributed by atoms with E-state index in [0.717, 1.165) is 0 Å². The normalized spacial score (nSPS) is 32.7. The number of aliphatic hydroxyl groups is 1. The summed E-state index contributed by atoms with van der Waals surface area (Å²) in [5.41, 5.74) is 0. The van der Waals surface area contributed by atoms with E-state index in [1.807, 2.05) is 0 Å². The van der Waals surface area contributed by atoms with Gasteiger partial charge in [-0.05, 0) is 0 Å². The fourth-order valence-electron chi connectivity index (χ4n) is 0.460. The van der Waals surface area contributed by atoms with E-state index in [1.54, 1.807) is 0 Å². The number of hydrogen-bond donors (Lipinski definition) is 1. The zero-order valence-corrected chi connectivity index (χ0v) is 5.15. The largest absolute Gasteiger partial charge is 0.504 e. The van der Waals surface area contributed by atoms with Crippen LogP contribution in [0.3, 0.4) is 0 Å². The molecule has 0 spiro atoms. The van der Waals surface area contributed by atoms with E-state index in [-0.39, 0.29) is 0 Å². The fourth-order valence-corrected chi connectivity index (χ4v) is 0.460. The molecule has 3 nitrogen and oxygen atoms in total. The molecule has 1 N–H and O–H groups in total. The van der Waals surface area contributed by atoms with E-state index in [9.17, 15) is 22.0 Å². The van der Waals surface area contributed by atoms with E-state index in [4.69, 9.17) is 5.11 Å². The van der Waals surface area contributed by atoms with Crippen molar-refractivity contribution in [1.82, 2.24) is 0 Å². The van der Waals surface area contributed by atoms with Crippen LogP contribution >= 0.6 is 0 Å². The Morgan fingerprint density at radius 1 is 1.17 bits per heavy atom. The summed E-state index contributed by atoms with van der Waals surface area (Å²) in [6.45, 7) is 0. The Hall–Kier alpha value is -1.05. The predicted octanol–water partition coefficient (Wildman–Crippen LogP) is 1.31. The molecule has 0 amide bonds. The third-order valence-electron chi connectivity index (χ3n) is 0.962. The van der Waals surface area contributed by atoms with E-state index in [0.29, 0.717) is 0 Å². The van der Waals surface area contributed by atoms with Crippen LogP contribution in [0, 0.1) is 0 Å². The molecule has 1 atom stereocenters. The quantitative estimate of drug-likeness (QED) is 0.588. The van der Waals surface area contributed by atoms with Crippen LogP contribution < -0.4 is 0 Å². The van der Waals surface area contributed by atoms with Crippen molar-refractivity contribution in [2.75, 3.05) is 0 Å². The first-order valence-corrected chi connectivity index (χ1v) is 2.49. The summed E-state index contributed by atoms with van der Waals surface area (Å²) in [6.07, 6.45) is -7.62. The molecule has 0 aliphatic carbocycles. The van der Waals surface area contributed by atoms with Gasteiger partial charge < -0.3 is 14.6 Å². The summed E-state index contributed by atoms with van der Waals surface area (Å²) >= 11 is 0. The second-order valence-electron chi connectivity index (χ2n) is 1.83. The van der Waals surface area contributed by atoms with Crippen LogP contribution in [0.25, 0.3) is 0 Å². The maximum absolute atomic E-state index is 12.1. The maximum atomic E-state index is 12.1. The van der Waals surface area contributed by atoms with Crippen LogP contribution in [0.15, 0.2) is 12.0 Å². The zero-order valence-electron chi connectivity index (χ0n) is 5.15. The van der Waals surface area contributed by atoms with Crippen LogP contribution in [-0.4, -0.2) is 17.3 Å². The van der Waals surface area contributed by atoms with Gasteiger partial charge in [0.2, 0.25) is 0 Å². The summed E-state index contributed by atoms with van der Waals surface area (Å²) in [7, 11) is 0. The number of rotatable bonds is 0. The lowest BCUT2D eigenvalue weighted by Crippen LogP contribution is -2.40. The third-order valence-corrected chi connectivity index (χ3v) is 0.962. The van der Waals surface area contributed by atoms with Crippen LogP contribution in [0.5, 0.6) is 0 Å². The van der Waals surface area contributed by atoms with Gasteiger partial charge in [0.25, 0.3) is 0 Å². The van der Waals surface area contributed by atoms with Crippen LogP contribution in [0.4, 0.5) is 22.0 Å². The lowest BCUT2D eigenvalue weighted by atomic mass is 10.6. The van der Waals surface area contributed by atoms with Gasteiger partial charge in [0.15, 0.2) is 0 Å². The van der Waals surface area contributed by atoms with Crippen LogP contribution in [0.2, 0.25) is 0 Å². The Morgan fingerprint density at radius 3 is 1.83 bits per heavy atom. The van der Waals surface area contributed by atoms with Crippen molar-refractivity contribution in [3.8, 4) is 0 Å². The highest BCUT2D eigenvalue weighted by Crippen LogP contribution is 2.43. The lowest BCUT2D eigenvalue weighted by molar-refractivity contribution is -0.378. The Morgan fingerprint density at radius 2 is 1.67 bits per heavy atom. The molecule has 1 aliphatic rings. The summed E-state index contributed by atoms with van der Waals surface area (Å²) in [5, 5.41) is 8.01. The molecular weight excluding hydrogens is 191 g/mol. The molecule has 0 saturated carbocycles. The smallest absolute Gasteiger partial charge is 0.392 e. The van der Waals surface area contributed by atoms with Gasteiger partial charge in [0.1, 0.15) is 0 Å². The summed E-state index contributed by atoms with van der Waals surface area (Å²) in [6, 6.07) is -4.55. The van der Waals surface area contributed by atoms with Gasteiger partial charge in [-0.2, -0.15) is 22.0 Å². The molecule has 1 fully saturated rings. The highest BCUT2D eigenvalue weighted by Gasteiger charge is 2.68.